The molecule has 1 aliphatic heterocycles. The van der Waals surface area contributed by atoms with Crippen LogP contribution in [0.5, 0.6) is 0 Å². The number of hydrogen-bond acceptors (Lipinski definition) is 3. The van der Waals surface area contributed by atoms with E-state index in [0.717, 1.165) is 0 Å². The lowest BCUT2D eigenvalue weighted by atomic mass is 9.92. The summed E-state index contributed by atoms with van der Waals surface area (Å²) in [6.45, 7) is 2.64. The second-order valence-corrected chi connectivity index (χ2v) is 2.38. The average molecular weight is 117 g/mol. The lowest BCUT2D eigenvalue weighted by molar-refractivity contribution is -0.0985. The van der Waals surface area contributed by atoms with Gasteiger partial charge < -0.3 is 15.5 Å². The van der Waals surface area contributed by atoms with Gasteiger partial charge in [0.1, 0.15) is 5.60 Å². The molecule has 3 heteroatoms. The predicted octanol–water partition coefficient (Wildman–Crippen LogP) is -1.30. The molecule has 0 bridgehead atoms. The molecule has 0 unspecified atom stereocenters. The molecular weight excluding hydrogens is 106 g/mol. The van der Waals surface area contributed by atoms with Gasteiger partial charge in [0.2, 0.25) is 0 Å². The minimum atomic E-state index is -0.833. The predicted molar refractivity (Wildman–Crippen MR) is 29.5 cm³/mol. The molecule has 3 nitrogen and oxygen atoms in total. The van der Waals surface area contributed by atoms with Crippen LogP contribution in [0.2, 0.25) is 0 Å². The Morgan fingerprint density at radius 3 is 2.12 bits per heavy atom. The number of aliphatic hydroxyl groups excluding tert-OH is 1. The third-order valence-corrected chi connectivity index (χ3v) is 1.64. The molecule has 0 saturated carbocycles. The highest BCUT2D eigenvalue weighted by atomic mass is 16.3. The van der Waals surface area contributed by atoms with E-state index < -0.39 is 11.7 Å². The van der Waals surface area contributed by atoms with Gasteiger partial charge in [0.25, 0.3) is 0 Å². The number of rotatable bonds is 1. The average Bonchev–Trinajstić information content (AvgIpc) is 1.60. The molecule has 3 N–H and O–H groups in total. The van der Waals surface area contributed by atoms with Crippen molar-refractivity contribution < 1.29 is 10.2 Å². The van der Waals surface area contributed by atoms with E-state index >= 15 is 0 Å². The second kappa shape index (κ2) is 1.69. The molecule has 1 aliphatic rings. The normalized spacial score (nSPS) is 28.9. The van der Waals surface area contributed by atoms with Crippen LogP contribution in [0.3, 0.4) is 0 Å². The first-order valence-electron chi connectivity index (χ1n) is 2.76. The van der Waals surface area contributed by atoms with E-state index in [1.54, 1.807) is 6.92 Å². The van der Waals surface area contributed by atoms with Gasteiger partial charge in [0, 0.05) is 13.1 Å². The van der Waals surface area contributed by atoms with Gasteiger partial charge in [-0.2, -0.15) is 0 Å². The zero-order chi connectivity index (χ0) is 6.20. The van der Waals surface area contributed by atoms with Gasteiger partial charge in [-0.05, 0) is 6.92 Å². The van der Waals surface area contributed by atoms with Crippen molar-refractivity contribution in [3.63, 3.8) is 0 Å². The van der Waals surface area contributed by atoms with E-state index in [0.29, 0.717) is 13.1 Å². The van der Waals surface area contributed by atoms with Crippen LogP contribution < -0.4 is 5.32 Å². The third kappa shape index (κ3) is 0.727. The fourth-order valence-electron chi connectivity index (χ4n) is 0.677. The maximum absolute atomic E-state index is 9.17. The summed E-state index contributed by atoms with van der Waals surface area (Å²) in [5.74, 6) is 0. The summed E-state index contributed by atoms with van der Waals surface area (Å²) >= 11 is 0. The van der Waals surface area contributed by atoms with E-state index in [4.69, 9.17) is 5.11 Å². The van der Waals surface area contributed by atoms with Crippen LogP contribution in [0, 0.1) is 0 Å². The summed E-state index contributed by atoms with van der Waals surface area (Å²) in [7, 11) is 0. The maximum atomic E-state index is 9.17. The van der Waals surface area contributed by atoms with Crippen molar-refractivity contribution in [2.24, 2.45) is 0 Å². The molecule has 0 radical (unpaired) electrons. The van der Waals surface area contributed by atoms with Crippen LogP contribution in [0.1, 0.15) is 6.92 Å². The van der Waals surface area contributed by atoms with E-state index in [9.17, 15) is 5.11 Å². The molecule has 0 aromatic carbocycles. The van der Waals surface area contributed by atoms with Crippen molar-refractivity contribution in [2.45, 2.75) is 18.6 Å². The zero-order valence-corrected chi connectivity index (χ0v) is 4.89. The van der Waals surface area contributed by atoms with Crippen molar-refractivity contribution in [2.75, 3.05) is 13.1 Å². The van der Waals surface area contributed by atoms with E-state index in [2.05, 4.69) is 5.32 Å². The Morgan fingerprint density at radius 2 is 2.12 bits per heavy atom. The largest absolute Gasteiger partial charge is 0.390 e. The van der Waals surface area contributed by atoms with E-state index in [1.807, 2.05) is 0 Å². The Labute approximate surface area is 48.3 Å². The van der Waals surface area contributed by atoms with Gasteiger partial charge >= 0.3 is 0 Å². The summed E-state index contributed by atoms with van der Waals surface area (Å²) in [6.07, 6.45) is -0.608. The maximum Gasteiger partial charge on any atom is 0.115 e. The summed E-state index contributed by atoms with van der Waals surface area (Å²) in [5, 5.41) is 20.9. The second-order valence-electron chi connectivity index (χ2n) is 2.38. The molecule has 0 spiro atoms. The molecule has 1 fully saturated rings. The molecular formula is C5H11NO2. The Kier molecular flexibility index (Phi) is 1.27. The van der Waals surface area contributed by atoms with Gasteiger partial charge in [-0.1, -0.05) is 0 Å². The third-order valence-electron chi connectivity index (χ3n) is 1.64. The van der Waals surface area contributed by atoms with E-state index in [-0.39, 0.29) is 0 Å². The quantitative estimate of drug-likeness (QED) is 0.400. The molecule has 8 heavy (non-hydrogen) atoms. The highest BCUT2D eigenvalue weighted by molar-refractivity contribution is 4.96. The highest BCUT2D eigenvalue weighted by Gasteiger charge is 2.38. The SMILES string of the molecule is C[C@@H](O)C1(O)CNC1. The molecule has 1 atom stereocenters. The minimum absolute atomic E-state index is 0.519. The summed E-state index contributed by atoms with van der Waals surface area (Å²) < 4.78 is 0. The van der Waals surface area contributed by atoms with E-state index in [1.165, 1.54) is 0 Å². The van der Waals surface area contributed by atoms with Crippen LogP contribution in [-0.4, -0.2) is 35.0 Å². The first-order chi connectivity index (χ1) is 3.65. The molecule has 0 aromatic rings. The summed E-state index contributed by atoms with van der Waals surface area (Å²) in [5.41, 5.74) is -0.833. The first kappa shape index (κ1) is 6.01. The Hall–Kier alpha value is -0.120. The van der Waals surface area contributed by atoms with Crippen molar-refractivity contribution in [1.29, 1.82) is 0 Å². The lowest BCUT2D eigenvalue weighted by Crippen LogP contribution is -2.65. The monoisotopic (exact) mass is 117 g/mol. The molecule has 0 aromatic heterocycles. The van der Waals surface area contributed by atoms with Crippen LogP contribution in [0.4, 0.5) is 0 Å². The summed E-state index contributed by atoms with van der Waals surface area (Å²) in [4.78, 5) is 0. The fourth-order valence-corrected chi connectivity index (χ4v) is 0.677. The van der Waals surface area contributed by atoms with Crippen molar-refractivity contribution >= 4 is 0 Å². The van der Waals surface area contributed by atoms with Crippen LogP contribution in [-0.2, 0) is 0 Å². The van der Waals surface area contributed by atoms with Crippen LogP contribution in [0.15, 0.2) is 0 Å². The molecule has 0 aliphatic carbocycles. The number of nitrogens with one attached hydrogen (secondary N) is 1. The van der Waals surface area contributed by atoms with Gasteiger partial charge in [-0.25, -0.2) is 0 Å². The standard InChI is InChI=1S/C5H11NO2/c1-4(7)5(8)2-6-3-5/h4,6-8H,2-3H2,1H3/t4-/m1/s1. The number of β-amino-alcohol motifs (C(OH)–C–C–N with tert-alkyl or cyclic N) is 1. The fraction of sp³-hybridized carbons (Fsp3) is 1.00. The Morgan fingerprint density at radius 1 is 1.62 bits per heavy atom. The van der Waals surface area contributed by atoms with Crippen molar-refractivity contribution in [3.8, 4) is 0 Å². The lowest BCUT2D eigenvalue weighted by Gasteiger charge is -2.39. The topological polar surface area (TPSA) is 52.5 Å². The van der Waals surface area contributed by atoms with Gasteiger partial charge in [0.05, 0.1) is 6.10 Å². The minimum Gasteiger partial charge on any atom is -0.390 e. The molecule has 1 rings (SSSR count). The summed E-state index contributed by atoms with van der Waals surface area (Å²) in [6, 6.07) is 0. The van der Waals surface area contributed by atoms with Gasteiger partial charge in [-0.15, -0.1) is 0 Å². The van der Waals surface area contributed by atoms with Crippen LogP contribution >= 0.6 is 0 Å². The number of hydrogen-bond donors (Lipinski definition) is 3. The first-order valence-corrected chi connectivity index (χ1v) is 2.76. The van der Waals surface area contributed by atoms with Crippen molar-refractivity contribution in [1.82, 2.24) is 5.32 Å². The van der Waals surface area contributed by atoms with Gasteiger partial charge in [-0.3, -0.25) is 0 Å². The molecule has 48 valence electrons. The Bertz CT molecular complexity index is 88.4. The van der Waals surface area contributed by atoms with Crippen LogP contribution in [0.25, 0.3) is 0 Å². The molecule has 0 amide bonds. The van der Waals surface area contributed by atoms with Gasteiger partial charge in [0.15, 0.2) is 0 Å². The highest BCUT2D eigenvalue weighted by Crippen LogP contribution is 2.14. The number of aliphatic hydroxyl groups is 2. The van der Waals surface area contributed by atoms with Crippen molar-refractivity contribution in [3.05, 3.63) is 0 Å². The molecule has 1 saturated heterocycles. The smallest absolute Gasteiger partial charge is 0.115 e. The zero-order valence-electron chi connectivity index (χ0n) is 4.89. The Balaban J connectivity index is 2.41. The molecule has 1 heterocycles.